The van der Waals surface area contributed by atoms with Crippen molar-refractivity contribution >= 4 is 5.91 Å². The number of ether oxygens (including phenoxy) is 2. The molecule has 0 aromatic rings. The van der Waals surface area contributed by atoms with Crippen LogP contribution in [0.1, 0.15) is 412 Å². The molecule has 546 valence electrons. The van der Waals surface area contributed by atoms with Crippen LogP contribution in [0.25, 0.3) is 0 Å². The summed E-state index contributed by atoms with van der Waals surface area (Å²) in [5.41, 5.74) is 0. The maximum atomic E-state index is 13.2. The quantitative estimate of drug-likeness (QED) is 0.0261. The summed E-state index contributed by atoms with van der Waals surface area (Å²) >= 11 is 0. The first-order valence-corrected chi connectivity index (χ1v) is 41.0. The standard InChI is InChI=1S/C84H157NO8/c1-3-5-7-9-11-13-15-17-19-21-23-25-27-29-31-33-35-37-38-39-40-42-44-46-48-50-52-54-56-58-60-62-64-66-68-70-72-74-80(88)85-77(76-92-84-83(91)82(90)81(89)79(75-86)93-84)78(87)73-71-69-67-65-63-61-59-57-55-53-51-49-47-45-43-41-36-34-32-30-28-26-24-22-20-18-16-14-12-10-8-6-4-2/h15,17,21,23,55,57,63,65,71,73,77-79,81-84,86-87,89-91H,3-14,16,18-20,22,24-54,56,58-62,64,66-70,72,74-76H2,1-2H3,(H,85,88)/b17-15-,23-21-,57-55+,65-63+,73-71+. The lowest BCUT2D eigenvalue weighted by Gasteiger charge is -2.40. The number of amides is 1. The van der Waals surface area contributed by atoms with Crippen molar-refractivity contribution in [2.75, 3.05) is 13.2 Å². The predicted molar refractivity (Wildman–Crippen MR) is 401 cm³/mol. The molecule has 9 nitrogen and oxygen atoms in total. The molecular formula is C84H157NO8. The highest BCUT2D eigenvalue weighted by atomic mass is 16.7. The maximum absolute atomic E-state index is 13.2. The van der Waals surface area contributed by atoms with Gasteiger partial charge in [0.15, 0.2) is 6.29 Å². The van der Waals surface area contributed by atoms with E-state index < -0.39 is 49.5 Å². The van der Waals surface area contributed by atoms with Crippen LogP contribution in [0.4, 0.5) is 0 Å². The molecule has 0 aliphatic carbocycles. The number of aliphatic hydroxyl groups excluding tert-OH is 5. The van der Waals surface area contributed by atoms with Gasteiger partial charge in [0, 0.05) is 6.42 Å². The molecular weight excluding hydrogens is 1150 g/mol. The fourth-order valence-electron chi connectivity index (χ4n) is 13.2. The highest BCUT2D eigenvalue weighted by Crippen LogP contribution is 2.24. The van der Waals surface area contributed by atoms with Crippen LogP contribution >= 0.6 is 0 Å². The number of carbonyl (C=O) groups is 1. The van der Waals surface area contributed by atoms with E-state index in [0.717, 1.165) is 51.4 Å². The van der Waals surface area contributed by atoms with Gasteiger partial charge in [-0.05, 0) is 77.0 Å². The molecule has 7 unspecified atom stereocenters. The second-order valence-corrected chi connectivity index (χ2v) is 28.5. The maximum Gasteiger partial charge on any atom is 0.220 e. The molecule has 1 aliphatic heterocycles. The first-order chi connectivity index (χ1) is 45.8. The van der Waals surface area contributed by atoms with Crippen molar-refractivity contribution in [1.82, 2.24) is 5.32 Å². The normalized spacial score (nSPS) is 17.9. The van der Waals surface area contributed by atoms with Gasteiger partial charge in [0.25, 0.3) is 0 Å². The van der Waals surface area contributed by atoms with Crippen LogP contribution in [0.2, 0.25) is 0 Å². The third-order valence-electron chi connectivity index (χ3n) is 19.5. The average molecular weight is 1310 g/mol. The fourth-order valence-corrected chi connectivity index (χ4v) is 13.2. The van der Waals surface area contributed by atoms with Gasteiger partial charge in [-0.3, -0.25) is 4.79 Å². The van der Waals surface area contributed by atoms with E-state index in [1.807, 2.05) is 6.08 Å². The van der Waals surface area contributed by atoms with Gasteiger partial charge >= 0.3 is 0 Å². The van der Waals surface area contributed by atoms with Crippen molar-refractivity contribution in [1.29, 1.82) is 0 Å². The number of aliphatic hydroxyl groups is 5. The zero-order chi connectivity index (χ0) is 67.1. The highest BCUT2D eigenvalue weighted by molar-refractivity contribution is 5.76. The van der Waals surface area contributed by atoms with Crippen LogP contribution in [0.15, 0.2) is 60.8 Å². The van der Waals surface area contributed by atoms with E-state index in [-0.39, 0.29) is 12.5 Å². The molecule has 7 atom stereocenters. The molecule has 0 aromatic heterocycles. The van der Waals surface area contributed by atoms with Crippen LogP contribution in [-0.2, 0) is 14.3 Å². The summed E-state index contributed by atoms with van der Waals surface area (Å²) in [4.78, 5) is 13.2. The van der Waals surface area contributed by atoms with E-state index in [2.05, 4.69) is 67.8 Å². The molecule has 0 bridgehead atoms. The lowest BCUT2D eigenvalue weighted by Crippen LogP contribution is -2.60. The summed E-state index contributed by atoms with van der Waals surface area (Å²) in [6.07, 6.45) is 95.3. The topological polar surface area (TPSA) is 149 Å². The van der Waals surface area contributed by atoms with E-state index in [1.54, 1.807) is 6.08 Å². The number of allylic oxidation sites excluding steroid dienone is 9. The van der Waals surface area contributed by atoms with Crippen molar-refractivity contribution in [2.45, 2.75) is 455 Å². The molecule has 93 heavy (non-hydrogen) atoms. The molecule has 1 amide bonds. The van der Waals surface area contributed by atoms with E-state index in [9.17, 15) is 30.3 Å². The first kappa shape index (κ1) is 88.9. The van der Waals surface area contributed by atoms with Gasteiger partial charge in [-0.25, -0.2) is 0 Å². The van der Waals surface area contributed by atoms with Crippen LogP contribution in [0.5, 0.6) is 0 Å². The molecule has 0 radical (unpaired) electrons. The Kier molecular flexibility index (Phi) is 69.4. The Morgan fingerprint density at radius 2 is 0.645 bits per heavy atom. The molecule has 1 rings (SSSR count). The molecule has 1 saturated heterocycles. The van der Waals surface area contributed by atoms with Gasteiger partial charge in [0.05, 0.1) is 25.4 Å². The zero-order valence-corrected chi connectivity index (χ0v) is 61.5. The first-order valence-electron chi connectivity index (χ1n) is 41.0. The van der Waals surface area contributed by atoms with E-state index in [0.29, 0.717) is 6.42 Å². The molecule has 0 spiro atoms. The Morgan fingerprint density at radius 3 is 0.968 bits per heavy atom. The lowest BCUT2D eigenvalue weighted by molar-refractivity contribution is -0.302. The van der Waals surface area contributed by atoms with Crippen molar-refractivity contribution in [3.8, 4) is 0 Å². The van der Waals surface area contributed by atoms with Crippen LogP contribution < -0.4 is 5.32 Å². The lowest BCUT2D eigenvalue weighted by atomic mass is 9.99. The van der Waals surface area contributed by atoms with Crippen molar-refractivity contribution in [3.63, 3.8) is 0 Å². The minimum Gasteiger partial charge on any atom is -0.394 e. The smallest absolute Gasteiger partial charge is 0.220 e. The summed E-state index contributed by atoms with van der Waals surface area (Å²) in [6, 6.07) is -0.831. The molecule has 0 aromatic carbocycles. The Morgan fingerprint density at radius 1 is 0.366 bits per heavy atom. The minimum absolute atomic E-state index is 0.183. The molecule has 1 heterocycles. The Balaban J connectivity index is 2.08. The molecule has 9 heteroatoms. The predicted octanol–water partition coefficient (Wildman–Crippen LogP) is 23.7. The van der Waals surface area contributed by atoms with Crippen molar-refractivity contribution in [3.05, 3.63) is 60.8 Å². The Bertz CT molecular complexity index is 1660. The Hall–Kier alpha value is -2.11. The molecule has 1 fully saturated rings. The van der Waals surface area contributed by atoms with E-state index >= 15 is 0 Å². The summed E-state index contributed by atoms with van der Waals surface area (Å²) in [6.45, 7) is 3.81. The number of hydrogen-bond donors (Lipinski definition) is 6. The summed E-state index contributed by atoms with van der Waals surface area (Å²) < 4.78 is 11.3. The van der Waals surface area contributed by atoms with E-state index in [1.165, 1.54) is 340 Å². The number of carbonyl (C=O) groups excluding carboxylic acids is 1. The van der Waals surface area contributed by atoms with Crippen molar-refractivity contribution in [2.24, 2.45) is 0 Å². The third kappa shape index (κ3) is 60.8. The van der Waals surface area contributed by atoms with E-state index in [4.69, 9.17) is 9.47 Å². The van der Waals surface area contributed by atoms with Gasteiger partial charge in [-0.15, -0.1) is 0 Å². The summed E-state index contributed by atoms with van der Waals surface area (Å²) in [5.74, 6) is -0.183. The number of nitrogens with one attached hydrogen (secondary N) is 1. The molecule has 1 aliphatic rings. The van der Waals surface area contributed by atoms with Gasteiger partial charge in [0.2, 0.25) is 5.91 Å². The zero-order valence-electron chi connectivity index (χ0n) is 61.5. The van der Waals surface area contributed by atoms with Crippen LogP contribution in [0, 0.1) is 0 Å². The number of unbranched alkanes of at least 4 members (excludes halogenated alkanes) is 55. The largest absolute Gasteiger partial charge is 0.394 e. The monoisotopic (exact) mass is 1310 g/mol. The minimum atomic E-state index is -1.58. The summed E-state index contributed by atoms with van der Waals surface area (Å²) in [5, 5.41) is 54.9. The SMILES string of the molecule is CCCCCCC/C=C\C/C=C\CCCCCCCCCCCCCCCCCCCCCCCCCCCC(=O)NC(COC1OC(CO)C(O)C(O)C1O)C(O)/C=C/CC/C=C/CC/C=C/CCCCCCCCCCCCCCCCCCCCCCCCC. The van der Waals surface area contributed by atoms with Crippen molar-refractivity contribution < 1.29 is 39.8 Å². The molecule has 0 saturated carbocycles. The third-order valence-corrected chi connectivity index (χ3v) is 19.5. The summed E-state index contributed by atoms with van der Waals surface area (Å²) in [7, 11) is 0. The number of rotatable bonds is 73. The van der Waals surface area contributed by atoms with Crippen LogP contribution in [0.3, 0.4) is 0 Å². The Labute approximate surface area is 576 Å². The fraction of sp³-hybridized carbons (Fsp3) is 0.869. The van der Waals surface area contributed by atoms with Gasteiger partial charge < -0.3 is 40.3 Å². The number of hydrogen-bond acceptors (Lipinski definition) is 8. The van der Waals surface area contributed by atoms with Gasteiger partial charge in [-0.1, -0.05) is 389 Å². The second-order valence-electron chi connectivity index (χ2n) is 28.5. The van der Waals surface area contributed by atoms with Gasteiger partial charge in [-0.2, -0.15) is 0 Å². The molecule has 6 N–H and O–H groups in total. The second kappa shape index (κ2) is 72.6. The van der Waals surface area contributed by atoms with Crippen LogP contribution in [-0.4, -0.2) is 87.5 Å². The average Bonchev–Trinajstić information content (AvgIpc) is 1.01. The highest BCUT2D eigenvalue weighted by Gasteiger charge is 2.44. The van der Waals surface area contributed by atoms with Gasteiger partial charge in [0.1, 0.15) is 24.4 Å².